The zero-order chi connectivity index (χ0) is 15.2. The van der Waals surface area contributed by atoms with Crippen molar-refractivity contribution in [3.63, 3.8) is 0 Å². The maximum Gasteiger partial charge on any atom is 0.339 e. The van der Waals surface area contributed by atoms with Crippen molar-refractivity contribution in [3.8, 4) is 0 Å². The highest BCUT2D eigenvalue weighted by molar-refractivity contribution is 5.95. The molecule has 5 nitrogen and oxygen atoms in total. The molecule has 0 spiro atoms. The van der Waals surface area contributed by atoms with Gasteiger partial charge in [0.15, 0.2) is 0 Å². The summed E-state index contributed by atoms with van der Waals surface area (Å²) < 4.78 is 4.82. The van der Waals surface area contributed by atoms with Gasteiger partial charge in [-0.15, -0.1) is 0 Å². The summed E-state index contributed by atoms with van der Waals surface area (Å²) in [7, 11) is 3.32. The molecule has 0 aliphatic carbocycles. The molecule has 0 bridgehead atoms. The van der Waals surface area contributed by atoms with Gasteiger partial charge in [-0.05, 0) is 29.8 Å². The third-order valence-electron chi connectivity index (χ3n) is 3.23. The van der Waals surface area contributed by atoms with Crippen LogP contribution in [0.5, 0.6) is 0 Å². The highest BCUT2D eigenvalue weighted by Gasteiger charge is 2.14. The fourth-order valence-electron chi connectivity index (χ4n) is 2.19. The molecule has 0 atom stereocenters. The average Bonchev–Trinajstić information content (AvgIpc) is 2.54. The van der Waals surface area contributed by atoms with Crippen molar-refractivity contribution in [2.45, 2.75) is 13.1 Å². The van der Waals surface area contributed by atoms with Gasteiger partial charge in [0.1, 0.15) is 0 Å². The van der Waals surface area contributed by atoms with Crippen LogP contribution in [-0.2, 0) is 17.8 Å². The first-order valence-electron chi connectivity index (χ1n) is 6.68. The standard InChI is InChI=1S/C16H19N3O2/c1-19(11-12-7-8-18-13(9-12)10-17)15-6-4-3-5-14(15)16(20)21-2/h3-9H,10-11,17H2,1-2H3. The first-order valence-corrected chi connectivity index (χ1v) is 6.68. The molecule has 0 saturated carbocycles. The summed E-state index contributed by atoms with van der Waals surface area (Å²) in [6.45, 7) is 1.07. The summed E-state index contributed by atoms with van der Waals surface area (Å²) in [6.07, 6.45) is 1.75. The highest BCUT2D eigenvalue weighted by Crippen LogP contribution is 2.21. The van der Waals surface area contributed by atoms with E-state index in [1.54, 1.807) is 12.3 Å². The van der Waals surface area contributed by atoms with Gasteiger partial charge < -0.3 is 15.4 Å². The third kappa shape index (κ3) is 3.58. The van der Waals surface area contributed by atoms with E-state index < -0.39 is 0 Å². The molecule has 2 rings (SSSR count). The number of hydrogen-bond acceptors (Lipinski definition) is 5. The molecule has 5 heteroatoms. The number of nitrogens with zero attached hydrogens (tertiary/aromatic N) is 2. The van der Waals surface area contributed by atoms with Crippen LogP contribution < -0.4 is 10.6 Å². The minimum Gasteiger partial charge on any atom is -0.465 e. The Morgan fingerprint density at radius 1 is 1.33 bits per heavy atom. The molecule has 0 amide bonds. The first-order chi connectivity index (χ1) is 10.2. The van der Waals surface area contributed by atoms with Gasteiger partial charge in [0.05, 0.1) is 24.1 Å². The van der Waals surface area contributed by atoms with Crippen LogP contribution in [-0.4, -0.2) is 25.1 Å². The van der Waals surface area contributed by atoms with E-state index in [4.69, 9.17) is 10.5 Å². The lowest BCUT2D eigenvalue weighted by molar-refractivity contribution is 0.0601. The molecule has 0 radical (unpaired) electrons. The van der Waals surface area contributed by atoms with E-state index in [0.717, 1.165) is 16.9 Å². The molecule has 0 aliphatic rings. The Morgan fingerprint density at radius 2 is 2.10 bits per heavy atom. The van der Waals surface area contributed by atoms with E-state index in [1.165, 1.54) is 7.11 Å². The summed E-state index contributed by atoms with van der Waals surface area (Å²) in [6, 6.07) is 11.3. The predicted molar refractivity (Wildman–Crippen MR) is 82.0 cm³/mol. The SMILES string of the molecule is COC(=O)c1ccccc1N(C)Cc1ccnc(CN)c1. The molecule has 21 heavy (non-hydrogen) atoms. The molecule has 110 valence electrons. The van der Waals surface area contributed by atoms with Crippen molar-refractivity contribution in [3.05, 3.63) is 59.4 Å². The van der Waals surface area contributed by atoms with Crippen LogP contribution in [0.4, 0.5) is 5.69 Å². The fraction of sp³-hybridized carbons (Fsp3) is 0.250. The van der Waals surface area contributed by atoms with E-state index in [2.05, 4.69) is 4.98 Å². The molecule has 0 aliphatic heterocycles. The Balaban J connectivity index is 2.24. The van der Waals surface area contributed by atoms with E-state index in [-0.39, 0.29) is 5.97 Å². The zero-order valence-corrected chi connectivity index (χ0v) is 12.2. The Hall–Kier alpha value is -2.40. The summed E-state index contributed by atoms with van der Waals surface area (Å²) in [5.41, 5.74) is 8.93. The number of methoxy groups -OCH3 is 1. The maximum atomic E-state index is 11.8. The second kappa shape index (κ2) is 6.85. The lowest BCUT2D eigenvalue weighted by atomic mass is 10.1. The molecule has 2 N–H and O–H groups in total. The Morgan fingerprint density at radius 3 is 2.81 bits per heavy atom. The number of rotatable bonds is 5. The molecule has 1 aromatic heterocycles. The normalized spacial score (nSPS) is 10.2. The van der Waals surface area contributed by atoms with Crippen molar-refractivity contribution >= 4 is 11.7 Å². The quantitative estimate of drug-likeness (QED) is 0.851. The summed E-state index contributed by atoms with van der Waals surface area (Å²) >= 11 is 0. The number of pyridine rings is 1. The molecule has 1 heterocycles. The third-order valence-corrected chi connectivity index (χ3v) is 3.23. The van der Waals surface area contributed by atoms with Crippen LogP contribution in [0.2, 0.25) is 0 Å². The average molecular weight is 285 g/mol. The monoisotopic (exact) mass is 285 g/mol. The molecule has 0 unspecified atom stereocenters. The minimum atomic E-state index is -0.338. The second-order valence-electron chi connectivity index (χ2n) is 4.72. The lowest BCUT2D eigenvalue weighted by Crippen LogP contribution is -2.20. The molecular formula is C16H19N3O2. The number of anilines is 1. The van der Waals surface area contributed by atoms with Crippen molar-refractivity contribution in [2.75, 3.05) is 19.1 Å². The summed E-state index contributed by atoms with van der Waals surface area (Å²) in [4.78, 5) is 18.0. The second-order valence-corrected chi connectivity index (χ2v) is 4.72. The molecule has 2 aromatic rings. The number of carbonyl (C=O) groups is 1. The smallest absolute Gasteiger partial charge is 0.339 e. The summed E-state index contributed by atoms with van der Waals surface area (Å²) in [5.74, 6) is -0.338. The van der Waals surface area contributed by atoms with Crippen LogP contribution in [0.15, 0.2) is 42.6 Å². The Labute approximate surface area is 124 Å². The number of esters is 1. The lowest BCUT2D eigenvalue weighted by Gasteiger charge is -2.22. The van der Waals surface area contributed by atoms with Gasteiger partial charge in [0.2, 0.25) is 0 Å². The fourth-order valence-corrected chi connectivity index (χ4v) is 2.19. The maximum absolute atomic E-state index is 11.8. The number of carbonyl (C=O) groups excluding carboxylic acids is 1. The highest BCUT2D eigenvalue weighted by atomic mass is 16.5. The van der Waals surface area contributed by atoms with Gasteiger partial charge in [-0.1, -0.05) is 12.1 Å². The van der Waals surface area contributed by atoms with Crippen molar-refractivity contribution in [1.29, 1.82) is 0 Å². The van der Waals surface area contributed by atoms with Crippen LogP contribution in [0, 0.1) is 0 Å². The van der Waals surface area contributed by atoms with Gasteiger partial charge in [-0.2, -0.15) is 0 Å². The van der Waals surface area contributed by atoms with Gasteiger partial charge in [0.25, 0.3) is 0 Å². The largest absolute Gasteiger partial charge is 0.465 e. The number of aromatic nitrogens is 1. The van der Waals surface area contributed by atoms with Crippen LogP contribution >= 0.6 is 0 Å². The van der Waals surface area contributed by atoms with E-state index in [9.17, 15) is 4.79 Å². The number of nitrogens with two attached hydrogens (primary N) is 1. The van der Waals surface area contributed by atoms with Crippen molar-refractivity contribution < 1.29 is 9.53 Å². The molecular weight excluding hydrogens is 266 g/mol. The summed E-state index contributed by atoms with van der Waals surface area (Å²) in [5, 5.41) is 0. The van der Waals surface area contributed by atoms with Crippen LogP contribution in [0.25, 0.3) is 0 Å². The van der Waals surface area contributed by atoms with Crippen LogP contribution in [0.3, 0.4) is 0 Å². The molecule has 0 fully saturated rings. The Bertz CT molecular complexity index is 628. The van der Waals surface area contributed by atoms with Crippen molar-refractivity contribution in [2.24, 2.45) is 5.73 Å². The zero-order valence-electron chi connectivity index (χ0n) is 12.2. The first kappa shape index (κ1) is 15.0. The number of ether oxygens (including phenoxy) is 1. The van der Waals surface area contributed by atoms with Gasteiger partial charge in [-0.3, -0.25) is 4.98 Å². The molecule has 0 saturated heterocycles. The van der Waals surface area contributed by atoms with E-state index in [1.807, 2.05) is 42.3 Å². The van der Waals surface area contributed by atoms with Crippen molar-refractivity contribution in [1.82, 2.24) is 4.98 Å². The van der Waals surface area contributed by atoms with Gasteiger partial charge in [-0.25, -0.2) is 4.79 Å². The molecule has 1 aromatic carbocycles. The van der Waals surface area contributed by atoms with E-state index in [0.29, 0.717) is 18.7 Å². The number of hydrogen-bond donors (Lipinski definition) is 1. The topological polar surface area (TPSA) is 68.5 Å². The van der Waals surface area contributed by atoms with Crippen LogP contribution in [0.1, 0.15) is 21.6 Å². The Kier molecular flexibility index (Phi) is 4.90. The minimum absolute atomic E-state index is 0.338. The number of para-hydroxylation sites is 1. The van der Waals surface area contributed by atoms with E-state index >= 15 is 0 Å². The van der Waals surface area contributed by atoms with Gasteiger partial charge in [0, 0.05) is 26.3 Å². The van der Waals surface area contributed by atoms with Gasteiger partial charge >= 0.3 is 5.97 Å². The predicted octanol–water partition coefficient (Wildman–Crippen LogP) is 1.96. The number of benzene rings is 1.